The molecule has 2 aromatic carbocycles. The Morgan fingerprint density at radius 3 is 2.00 bits per heavy atom. The summed E-state index contributed by atoms with van der Waals surface area (Å²) in [7, 11) is 0. The first kappa shape index (κ1) is 20.5. The molecule has 36 heavy (non-hydrogen) atoms. The normalized spacial score (nSPS) is 13.2. The minimum absolute atomic E-state index is 0.157. The fourth-order valence-corrected chi connectivity index (χ4v) is 4.85. The molecule has 2 aliphatic heterocycles. The van der Waals surface area contributed by atoms with Crippen LogP contribution in [0, 0.1) is 0 Å². The summed E-state index contributed by atoms with van der Waals surface area (Å²) in [6.45, 7) is 0.157. The summed E-state index contributed by atoms with van der Waals surface area (Å²) >= 11 is 0. The van der Waals surface area contributed by atoms with Crippen molar-refractivity contribution in [2.45, 2.75) is 0 Å². The van der Waals surface area contributed by atoms with E-state index in [1.165, 1.54) is 16.6 Å². The summed E-state index contributed by atoms with van der Waals surface area (Å²) in [5.74, 6) is 4.00. The van der Waals surface area contributed by atoms with Crippen molar-refractivity contribution in [1.82, 2.24) is 24.9 Å². The summed E-state index contributed by atoms with van der Waals surface area (Å²) in [5.41, 5.74) is 7.47. The zero-order valence-electron chi connectivity index (χ0n) is 19.2. The van der Waals surface area contributed by atoms with Crippen molar-refractivity contribution in [2.24, 2.45) is 0 Å². The van der Waals surface area contributed by atoms with Gasteiger partial charge in [0.25, 0.3) is 0 Å². The van der Waals surface area contributed by atoms with Gasteiger partial charge in [-0.05, 0) is 53.6 Å². The minimum atomic E-state index is 0.157. The molecule has 7 rings (SSSR count). The lowest BCUT2D eigenvalue weighted by Crippen LogP contribution is -2.49. The molecule has 2 aliphatic rings. The molecule has 0 amide bonds. The Labute approximate surface area is 208 Å². The molecule has 0 N–H and O–H groups in total. The molecule has 0 aliphatic carbocycles. The first-order valence-corrected chi connectivity index (χ1v) is 11.8. The molecule has 5 aromatic rings. The molecular weight excluding hydrogens is 443 g/mol. The second kappa shape index (κ2) is 8.39. The van der Waals surface area contributed by atoms with Crippen LogP contribution in [0.1, 0.15) is 0 Å². The van der Waals surface area contributed by atoms with Crippen molar-refractivity contribution in [1.29, 1.82) is 0 Å². The number of hydrogen-bond donors (Lipinski definition) is 0. The summed E-state index contributed by atoms with van der Waals surface area (Å²) < 4.78 is 0. The van der Waals surface area contributed by atoms with Gasteiger partial charge in [0.1, 0.15) is 0 Å². The van der Waals surface area contributed by atoms with E-state index < -0.39 is 0 Å². The van der Waals surface area contributed by atoms with Gasteiger partial charge in [-0.15, -0.1) is 0 Å². The van der Waals surface area contributed by atoms with E-state index in [-0.39, 0.29) is 6.85 Å². The van der Waals surface area contributed by atoms with E-state index in [2.05, 4.69) is 81.6 Å². The number of pyridine rings is 2. The molecule has 7 heteroatoms. The van der Waals surface area contributed by atoms with Gasteiger partial charge in [-0.2, -0.15) is 0 Å². The fraction of sp³-hybridized carbons (Fsp3) is 0. The standard InChI is InChI=1S/C29H19BN6/c1-2-10-25-23(9-1)24-12-11-20(17-26(24)36-16-4-3-13-30(25)36)27-33-28(21-7-5-14-31-18-21)35-29(34-27)22-8-6-15-32-19-22/h1-19H. The average molecular weight is 462 g/mol. The third kappa shape index (κ3) is 3.41. The summed E-state index contributed by atoms with van der Waals surface area (Å²) in [6.07, 6.45) is 13.3. The lowest BCUT2D eigenvalue weighted by atomic mass is 9.49. The number of aromatic nitrogens is 5. The summed E-state index contributed by atoms with van der Waals surface area (Å²) in [5, 5.41) is 0. The van der Waals surface area contributed by atoms with E-state index in [4.69, 9.17) is 15.0 Å². The second-order valence-corrected chi connectivity index (χ2v) is 8.69. The van der Waals surface area contributed by atoms with E-state index >= 15 is 0 Å². The third-order valence-corrected chi connectivity index (χ3v) is 6.53. The number of nitrogens with zero attached hydrogens (tertiary/aromatic N) is 6. The fourth-order valence-electron chi connectivity index (χ4n) is 4.85. The predicted octanol–water partition coefficient (Wildman–Crippen LogP) is 4.97. The van der Waals surface area contributed by atoms with Crippen LogP contribution in [0.5, 0.6) is 0 Å². The number of fused-ring (bicyclic) bond motifs is 6. The molecule has 0 unspecified atom stereocenters. The number of anilines is 1. The van der Waals surface area contributed by atoms with E-state index in [1.54, 1.807) is 24.8 Å². The van der Waals surface area contributed by atoms with E-state index in [0.29, 0.717) is 17.5 Å². The van der Waals surface area contributed by atoms with Crippen molar-refractivity contribution >= 4 is 18.0 Å². The Balaban J connectivity index is 1.42. The van der Waals surface area contributed by atoms with Crippen molar-refractivity contribution < 1.29 is 0 Å². The molecule has 5 heterocycles. The second-order valence-electron chi connectivity index (χ2n) is 8.69. The molecule has 0 radical (unpaired) electrons. The first-order chi connectivity index (χ1) is 17.8. The van der Waals surface area contributed by atoms with E-state index in [0.717, 1.165) is 22.4 Å². The van der Waals surface area contributed by atoms with Gasteiger partial charge in [-0.1, -0.05) is 48.4 Å². The van der Waals surface area contributed by atoms with Crippen LogP contribution in [0.15, 0.2) is 116 Å². The molecule has 168 valence electrons. The Kier molecular flexibility index (Phi) is 4.77. The van der Waals surface area contributed by atoms with Gasteiger partial charge in [-0.3, -0.25) is 9.97 Å². The molecule has 3 aromatic heterocycles. The van der Waals surface area contributed by atoms with Crippen LogP contribution >= 0.6 is 0 Å². The van der Waals surface area contributed by atoms with E-state index in [1.807, 2.05) is 24.3 Å². The van der Waals surface area contributed by atoms with Gasteiger partial charge in [0, 0.05) is 52.7 Å². The Bertz CT molecular complexity index is 1590. The average Bonchev–Trinajstić information content (AvgIpc) is 2.98. The van der Waals surface area contributed by atoms with Crippen molar-refractivity contribution in [2.75, 3.05) is 4.81 Å². The van der Waals surface area contributed by atoms with Crippen molar-refractivity contribution in [3.05, 3.63) is 116 Å². The van der Waals surface area contributed by atoms with Crippen molar-refractivity contribution in [3.8, 4) is 45.3 Å². The highest BCUT2D eigenvalue weighted by atomic mass is 15.1. The summed E-state index contributed by atoms with van der Waals surface area (Å²) in [6, 6.07) is 22.7. The van der Waals surface area contributed by atoms with Gasteiger partial charge in [0.05, 0.1) is 0 Å². The van der Waals surface area contributed by atoms with Gasteiger partial charge in [-0.25, -0.2) is 15.0 Å². The monoisotopic (exact) mass is 462 g/mol. The highest BCUT2D eigenvalue weighted by Crippen LogP contribution is 2.39. The minimum Gasteiger partial charge on any atom is -0.383 e. The van der Waals surface area contributed by atoms with Gasteiger partial charge < -0.3 is 4.81 Å². The maximum absolute atomic E-state index is 4.86. The number of benzene rings is 2. The topological polar surface area (TPSA) is 67.7 Å². The van der Waals surface area contributed by atoms with Crippen LogP contribution in [0.3, 0.4) is 0 Å². The van der Waals surface area contributed by atoms with Crippen molar-refractivity contribution in [3.63, 3.8) is 0 Å². The molecule has 0 spiro atoms. The van der Waals surface area contributed by atoms with Gasteiger partial charge >= 0.3 is 6.85 Å². The SMILES string of the molecule is C1=CB2c3ccccc3-c3ccc(-c4nc(-c5cccnc5)nc(-c5cccnc5)n4)cc3N2C=C1. The zero-order chi connectivity index (χ0) is 23.9. The Morgan fingerprint density at radius 1 is 0.611 bits per heavy atom. The maximum atomic E-state index is 4.86. The molecular formula is C29H19BN6. The van der Waals surface area contributed by atoms with Gasteiger partial charge in [0.15, 0.2) is 17.5 Å². The van der Waals surface area contributed by atoms with Crippen LogP contribution in [-0.4, -0.2) is 31.8 Å². The molecule has 0 saturated heterocycles. The summed E-state index contributed by atoms with van der Waals surface area (Å²) in [4.78, 5) is 25.3. The lowest BCUT2D eigenvalue weighted by Gasteiger charge is -2.36. The Hall–Kier alpha value is -4.91. The lowest BCUT2D eigenvalue weighted by molar-refractivity contribution is 1.07. The van der Waals surface area contributed by atoms with Crippen LogP contribution in [0.2, 0.25) is 0 Å². The van der Waals surface area contributed by atoms with E-state index in [9.17, 15) is 0 Å². The largest absolute Gasteiger partial charge is 0.383 e. The Morgan fingerprint density at radius 2 is 1.31 bits per heavy atom. The highest BCUT2D eigenvalue weighted by Gasteiger charge is 2.32. The first-order valence-electron chi connectivity index (χ1n) is 11.8. The quantitative estimate of drug-likeness (QED) is 0.353. The number of rotatable bonds is 3. The maximum Gasteiger partial charge on any atom is 0.320 e. The van der Waals surface area contributed by atoms with Gasteiger partial charge in [0.2, 0.25) is 0 Å². The van der Waals surface area contributed by atoms with Crippen LogP contribution < -0.4 is 10.3 Å². The van der Waals surface area contributed by atoms with Crippen LogP contribution in [0.25, 0.3) is 45.3 Å². The number of hydrogen-bond acceptors (Lipinski definition) is 6. The van der Waals surface area contributed by atoms with Crippen LogP contribution in [0.4, 0.5) is 5.69 Å². The molecule has 0 atom stereocenters. The third-order valence-electron chi connectivity index (χ3n) is 6.53. The molecule has 6 nitrogen and oxygen atoms in total. The smallest absolute Gasteiger partial charge is 0.320 e. The zero-order valence-corrected chi connectivity index (χ0v) is 19.2. The van der Waals surface area contributed by atoms with Crippen LogP contribution in [-0.2, 0) is 0 Å². The highest BCUT2D eigenvalue weighted by molar-refractivity contribution is 6.83. The number of allylic oxidation sites excluding steroid dienone is 2. The molecule has 0 saturated carbocycles. The predicted molar refractivity (Wildman–Crippen MR) is 143 cm³/mol. The molecule has 0 fully saturated rings. The molecule has 0 bridgehead atoms.